The SMILES string of the molecule is CCCN1C(=O)C(O)=C(C(=O)c2cc3cc(Cl)cc(OC)c3o2)C1c1ccc(N(C)C)cc1. The average Bonchev–Trinajstić information content (AvgIpc) is 3.33. The molecule has 8 heteroatoms. The lowest BCUT2D eigenvalue weighted by Gasteiger charge is -2.26. The van der Waals surface area contributed by atoms with Crippen molar-refractivity contribution >= 4 is 39.9 Å². The van der Waals surface area contributed by atoms with Gasteiger partial charge in [-0.1, -0.05) is 30.7 Å². The van der Waals surface area contributed by atoms with Gasteiger partial charge in [-0.15, -0.1) is 0 Å². The molecule has 1 N–H and O–H groups in total. The van der Waals surface area contributed by atoms with Crippen LogP contribution < -0.4 is 9.64 Å². The molecule has 0 bridgehead atoms. The molecule has 0 aliphatic carbocycles. The Kier molecular flexibility index (Phi) is 6.08. The molecule has 1 amide bonds. The first-order valence-electron chi connectivity index (χ1n) is 10.6. The molecule has 1 unspecified atom stereocenters. The minimum Gasteiger partial charge on any atom is -0.503 e. The van der Waals surface area contributed by atoms with E-state index in [0.29, 0.717) is 34.7 Å². The Hall–Kier alpha value is -3.45. The number of carbonyl (C=O) groups is 2. The number of ketones is 1. The van der Waals surface area contributed by atoms with E-state index in [0.717, 1.165) is 11.3 Å². The number of anilines is 1. The molecule has 1 aliphatic heterocycles. The van der Waals surface area contributed by atoms with Gasteiger partial charge in [0.15, 0.2) is 22.9 Å². The molecule has 2 heterocycles. The highest BCUT2D eigenvalue weighted by Crippen LogP contribution is 2.41. The number of aliphatic hydroxyl groups excluding tert-OH is 1. The van der Waals surface area contributed by atoms with Crippen LogP contribution in [0.4, 0.5) is 5.69 Å². The van der Waals surface area contributed by atoms with E-state index in [4.69, 9.17) is 20.8 Å². The molecule has 1 aromatic heterocycles. The molecule has 3 aromatic rings. The number of furan rings is 1. The van der Waals surface area contributed by atoms with Gasteiger partial charge in [0.05, 0.1) is 18.7 Å². The second kappa shape index (κ2) is 8.83. The zero-order chi connectivity index (χ0) is 23.9. The fraction of sp³-hybridized carbons (Fsp3) is 0.280. The Morgan fingerprint density at radius 3 is 2.52 bits per heavy atom. The predicted octanol–water partition coefficient (Wildman–Crippen LogP) is 5.15. The summed E-state index contributed by atoms with van der Waals surface area (Å²) in [5.74, 6) is -1.30. The topological polar surface area (TPSA) is 83.2 Å². The van der Waals surface area contributed by atoms with Gasteiger partial charge in [-0.05, 0) is 36.2 Å². The van der Waals surface area contributed by atoms with Crippen molar-refractivity contribution in [2.45, 2.75) is 19.4 Å². The van der Waals surface area contributed by atoms with E-state index in [-0.39, 0.29) is 11.3 Å². The number of benzene rings is 2. The van der Waals surface area contributed by atoms with Crippen molar-refractivity contribution in [3.8, 4) is 5.75 Å². The third-order valence-electron chi connectivity index (χ3n) is 5.73. The minimum absolute atomic E-state index is 0.00447. The van der Waals surface area contributed by atoms with Crippen LogP contribution in [0.25, 0.3) is 11.0 Å². The molecular weight excluding hydrogens is 444 g/mol. The maximum Gasteiger partial charge on any atom is 0.290 e. The number of amides is 1. The van der Waals surface area contributed by atoms with Crippen molar-refractivity contribution in [3.63, 3.8) is 0 Å². The summed E-state index contributed by atoms with van der Waals surface area (Å²) in [7, 11) is 5.34. The standard InChI is InChI=1S/C25H25ClN2O5/c1-5-10-28-21(14-6-8-17(9-7-14)27(2)3)20(23(30)25(28)31)22(29)18-12-15-11-16(26)13-19(32-4)24(15)33-18/h6-9,11-13,21,30H,5,10H2,1-4H3. The molecule has 2 aromatic carbocycles. The molecule has 4 rings (SSSR count). The summed E-state index contributed by atoms with van der Waals surface area (Å²) >= 11 is 6.14. The molecule has 0 saturated carbocycles. The van der Waals surface area contributed by atoms with Gasteiger partial charge in [0, 0.05) is 42.8 Å². The van der Waals surface area contributed by atoms with Crippen LogP contribution in [0, 0.1) is 0 Å². The maximum absolute atomic E-state index is 13.6. The normalized spacial score (nSPS) is 16.1. The van der Waals surface area contributed by atoms with Crippen molar-refractivity contribution in [1.82, 2.24) is 4.90 Å². The van der Waals surface area contributed by atoms with Gasteiger partial charge in [0.1, 0.15) is 0 Å². The molecule has 1 aliphatic rings. The molecule has 0 radical (unpaired) electrons. The van der Waals surface area contributed by atoms with Gasteiger partial charge in [-0.25, -0.2) is 0 Å². The molecule has 33 heavy (non-hydrogen) atoms. The van der Waals surface area contributed by atoms with Crippen LogP contribution >= 0.6 is 11.6 Å². The lowest BCUT2D eigenvalue weighted by molar-refractivity contribution is -0.129. The number of hydrogen-bond donors (Lipinski definition) is 1. The molecule has 172 valence electrons. The summed E-state index contributed by atoms with van der Waals surface area (Å²) in [6.45, 7) is 2.33. The van der Waals surface area contributed by atoms with Crippen molar-refractivity contribution < 1.29 is 23.8 Å². The van der Waals surface area contributed by atoms with Crippen LogP contribution in [0.1, 0.15) is 35.5 Å². The highest BCUT2D eigenvalue weighted by Gasteiger charge is 2.44. The molecule has 0 spiro atoms. The van der Waals surface area contributed by atoms with Crippen molar-refractivity contribution in [1.29, 1.82) is 0 Å². The third-order valence-corrected chi connectivity index (χ3v) is 5.95. The smallest absolute Gasteiger partial charge is 0.290 e. The van der Waals surface area contributed by atoms with Crippen LogP contribution in [0.5, 0.6) is 5.75 Å². The Morgan fingerprint density at radius 1 is 1.21 bits per heavy atom. The van der Waals surface area contributed by atoms with Gasteiger partial charge in [0.25, 0.3) is 5.91 Å². The first-order chi connectivity index (χ1) is 15.8. The number of fused-ring (bicyclic) bond motifs is 1. The predicted molar refractivity (Wildman–Crippen MR) is 127 cm³/mol. The van der Waals surface area contributed by atoms with Crippen molar-refractivity contribution in [3.05, 3.63) is 70.1 Å². The monoisotopic (exact) mass is 468 g/mol. The summed E-state index contributed by atoms with van der Waals surface area (Å²) in [4.78, 5) is 30.0. The lowest BCUT2D eigenvalue weighted by atomic mass is 9.94. The van der Waals surface area contributed by atoms with E-state index in [2.05, 4.69) is 0 Å². The first-order valence-corrected chi connectivity index (χ1v) is 11.0. The van der Waals surface area contributed by atoms with Crippen LogP contribution in [0.2, 0.25) is 5.02 Å². The quantitative estimate of drug-likeness (QED) is 0.483. The lowest BCUT2D eigenvalue weighted by Crippen LogP contribution is -2.31. The van der Waals surface area contributed by atoms with Gasteiger partial charge in [0.2, 0.25) is 5.78 Å². The molecule has 0 saturated heterocycles. The van der Waals surface area contributed by atoms with E-state index in [1.807, 2.05) is 50.2 Å². The van der Waals surface area contributed by atoms with E-state index < -0.39 is 23.5 Å². The summed E-state index contributed by atoms with van der Waals surface area (Å²) in [6, 6.07) is 11.6. The zero-order valence-corrected chi connectivity index (χ0v) is 19.6. The zero-order valence-electron chi connectivity index (χ0n) is 18.9. The Bertz CT molecular complexity index is 1260. The van der Waals surface area contributed by atoms with Crippen LogP contribution in [-0.2, 0) is 4.79 Å². The molecule has 0 fully saturated rings. The number of ether oxygens (including phenoxy) is 1. The number of Topliss-reactive ketones (excluding diaryl/α,β-unsaturated/α-hetero) is 1. The first kappa shape index (κ1) is 22.7. The Morgan fingerprint density at radius 2 is 1.91 bits per heavy atom. The number of methoxy groups -OCH3 is 1. The Balaban J connectivity index is 1.81. The van der Waals surface area contributed by atoms with Crippen LogP contribution in [0.15, 0.2) is 58.2 Å². The van der Waals surface area contributed by atoms with E-state index in [9.17, 15) is 14.7 Å². The van der Waals surface area contributed by atoms with Crippen LogP contribution in [-0.4, -0.2) is 49.4 Å². The van der Waals surface area contributed by atoms with Gasteiger partial charge >= 0.3 is 0 Å². The van der Waals surface area contributed by atoms with Crippen LogP contribution in [0.3, 0.4) is 0 Å². The summed E-state index contributed by atoms with van der Waals surface area (Å²) in [5, 5.41) is 11.8. The maximum atomic E-state index is 13.6. The third kappa shape index (κ3) is 3.93. The summed E-state index contributed by atoms with van der Waals surface area (Å²) < 4.78 is 11.1. The number of rotatable bonds is 7. The second-order valence-corrected chi connectivity index (χ2v) is 8.55. The Labute approximate surface area is 196 Å². The molecular formula is C25H25ClN2O5. The molecule has 1 atom stereocenters. The largest absolute Gasteiger partial charge is 0.503 e. The van der Waals surface area contributed by atoms with Gasteiger partial charge in [-0.2, -0.15) is 0 Å². The second-order valence-electron chi connectivity index (χ2n) is 8.12. The highest BCUT2D eigenvalue weighted by atomic mass is 35.5. The van der Waals surface area contributed by atoms with Gasteiger partial charge < -0.3 is 24.1 Å². The highest BCUT2D eigenvalue weighted by molar-refractivity contribution is 6.31. The number of aliphatic hydroxyl groups is 1. The van der Waals surface area contributed by atoms with Gasteiger partial charge in [-0.3, -0.25) is 9.59 Å². The van der Waals surface area contributed by atoms with Crippen molar-refractivity contribution in [2.24, 2.45) is 0 Å². The average molecular weight is 469 g/mol. The minimum atomic E-state index is -0.722. The molecule has 7 nitrogen and oxygen atoms in total. The van der Waals surface area contributed by atoms with E-state index in [1.54, 1.807) is 18.2 Å². The van der Waals surface area contributed by atoms with Crippen molar-refractivity contribution in [2.75, 3.05) is 32.6 Å². The number of hydrogen-bond acceptors (Lipinski definition) is 6. The number of carbonyl (C=O) groups excluding carboxylic acids is 2. The summed E-state index contributed by atoms with van der Waals surface area (Å²) in [5.41, 5.74) is 2.07. The number of nitrogens with zero attached hydrogens (tertiary/aromatic N) is 2. The van der Waals surface area contributed by atoms with E-state index >= 15 is 0 Å². The fourth-order valence-electron chi connectivity index (χ4n) is 4.14. The van der Waals surface area contributed by atoms with E-state index in [1.165, 1.54) is 12.0 Å². The summed E-state index contributed by atoms with van der Waals surface area (Å²) in [6.07, 6.45) is 0.674. The number of halogens is 1. The fourth-order valence-corrected chi connectivity index (χ4v) is 4.36.